The fraction of sp³-hybridized carbons (Fsp3) is 0.333. The van der Waals surface area contributed by atoms with Crippen molar-refractivity contribution < 1.29 is 4.79 Å². The smallest absolute Gasteiger partial charge is 0.256 e. The van der Waals surface area contributed by atoms with Gasteiger partial charge in [-0.15, -0.1) is 0 Å². The number of anilines is 2. The van der Waals surface area contributed by atoms with Crippen molar-refractivity contribution in [2.24, 2.45) is 0 Å². The average Bonchev–Trinajstić information content (AvgIpc) is 3.08. The van der Waals surface area contributed by atoms with Gasteiger partial charge in [0.05, 0.1) is 12.2 Å². The summed E-state index contributed by atoms with van der Waals surface area (Å²) >= 11 is 0. The standard InChI is InChI=1S/C15H18N4O/c16-12-5-3-4-11(10-12)15(20)18-14-8-9-17-19(14)13-6-1-2-7-13/h3-5,8-10,13H,1-2,6-7,16H2,(H,18,20). The zero-order valence-electron chi connectivity index (χ0n) is 11.2. The van der Waals surface area contributed by atoms with Crippen LogP contribution in [0.4, 0.5) is 11.5 Å². The molecule has 1 saturated carbocycles. The summed E-state index contributed by atoms with van der Waals surface area (Å²) in [4.78, 5) is 12.2. The quantitative estimate of drug-likeness (QED) is 0.842. The topological polar surface area (TPSA) is 72.9 Å². The first kappa shape index (κ1) is 12.7. The van der Waals surface area contributed by atoms with Crippen LogP contribution in [0.15, 0.2) is 36.5 Å². The highest BCUT2D eigenvalue weighted by Gasteiger charge is 2.20. The van der Waals surface area contributed by atoms with Crippen molar-refractivity contribution in [3.8, 4) is 0 Å². The molecule has 0 bridgehead atoms. The van der Waals surface area contributed by atoms with Gasteiger partial charge < -0.3 is 11.1 Å². The van der Waals surface area contributed by atoms with E-state index in [0.29, 0.717) is 17.3 Å². The first-order chi connectivity index (χ1) is 9.74. The number of nitrogens with two attached hydrogens (primary N) is 1. The van der Waals surface area contributed by atoms with Gasteiger partial charge in [-0.05, 0) is 31.0 Å². The maximum atomic E-state index is 12.2. The number of carbonyl (C=O) groups excluding carboxylic acids is 1. The Morgan fingerprint density at radius 1 is 1.30 bits per heavy atom. The van der Waals surface area contributed by atoms with E-state index in [9.17, 15) is 4.79 Å². The largest absolute Gasteiger partial charge is 0.399 e. The van der Waals surface area contributed by atoms with Crippen LogP contribution < -0.4 is 11.1 Å². The number of nitrogen functional groups attached to an aromatic ring is 1. The Bertz CT molecular complexity index is 614. The van der Waals surface area contributed by atoms with Crippen LogP contribution >= 0.6 is 0 Å². The van der Waals surface area contributed by atoms with E-state index in [1.807, 2.05) is 10.7 Å². The van der Waals surface area contributed by atoms with E-state index in [0.717, 1.165) is 18.7 Å². The number of hydrogen-bond donors (Lipinski definition) is 2. The van der Waals surface area contributed by atoms with Crippen molar-refractivity contribution in [3.05, 3.63) is 42.1 Å². The Morgan fingerprint density at radius 3 is 2.85 bits per heavy atom. The number of amides is 1. The van der Waals surface area contributed by atoms with E-state index in [-0.39, 0.29) is 5.91 Å². The Balaban J connectivity index is 1.78. The molecule has 0 spiro atoms. The first-order valence-electron chi connectivity index (χ1n) is 6.94. The van der Waals surface area contributed by atoms with Crippen LogP contribution in [0.25, 0.3) is 0 Å². The van der Waals surface area contributed by atoms with Crippen LogP contribution in [0.3, 0.4) is 0 Å². The number of hydrogen-bond acceptors (Lipinski definition) is 3. The van der Waals surface area contributed by atoms with Gasteiger partial charge in [0, 0.05) is 17.3 Å². The minimum atomic E-state index is -0.156. The van der Waals surface area contributed by atoms with Crippen LogP contribution in [0, 0.1) is 0 Å². The molecule has 0 saturated heterocycles. The number of carbonyl (C=O) groups is 1. The summed E-state index contributed by atoms with van der Waals surface area (Å²) in [7, 11) is 0. The molecule has 1 heterocycles. The minimum absolute atomic E-state index is 0.156. The predicted octanol–water partition coefficient (Wildman–Crippen LogP) is 2.83. The van der Waals surface area contributed by atoms with Gasteiger partial charge in [0.2, 0.25) is 0 Å². The highest BCUT2D eigenvalue weighted by molar-refractivity contribution is 6.04. The SMILES string of the molecule is Nc1cccc(C(=O)Nc2ccnn2C2CCCC2)c1. The molecule has 1 aromatic heterocycles. The first-order valence-corrected chi connectivity index (χ1v) is 6.94. The van der Waals surface area contributed by atoms with Crippen molar-refractivity contribution in [1.82, 2.24) is 9.78 Å². The van der Waals surface area contributed by atoms with Gasteiger partial charge in [-0.2, -0.15) is 5.10 Å². The lowest BCUT2D eigenvalue weighted by Crippen LogP contribution is -2.17. The van der Waals surface area contributed by atoms with Crippen LogP contribution in [0.5, 0.6) is 0 Å². The molecular weight excluding hydrogens is 252 g/mol. The van der Waals surface area contributed by atoms with Gasteiger partial charge in [0.25, 0.3) is 5.91 Å². The van der Waals surface area contributed by atoms with Crippen molar-refractivity contribution in [3.63, 3.8) is 0 Å². The maximum absolute atomic E-state index is 12.2. The molecule has 3 N–H and O–H groups in total. The molecule has 0 radical (unpaired) electrons. The normalized spacial score (nSPS) is 15.4. The Morgan fingerprint density at radius 2 is 2.10 bits per heavy atom. The third-order valence-corrected chi connectivity index (χ3v) is 3.73. The van der Waals surface area contributed by atoms with E-state index >= 15 is 0 Å². The molecule has 1 amide bonds. The molecule has 1 fully saturated rings. The third kappa shape index (κ3) is 2.52. The summed E-state index contributed by atoms with van der Waals surface area (Å²) in [6.45, 7) is 0. The van der Waals surface area contributed by atoms with Crippen LogP contribution in [0.1, 0.15) is 42.1 Å². The summed E-state index contributed by atoms with van der Waals surface area (Å²) in [5.74, 6) is 0.598. The Labute approximate surface area is 117 Å². The van der Waals surface area contributed by atoms with Crippen molar-refractivity contribution in [1.29, 1.82) is 0 Å². The second-order valence-corrected chi connectivity index (χ2v) is 5.18. The molecule has 0 atom stereocenters. The average molecular weight is 270 g/mol. The highest BCUT2D eigenvalue weighted by Crippen LogP contribution is 2.31. The lowest BCUT2D eigenvalue weighted by atomic mass is 10.2. The molecule has 1 aliphatic rings. The molecule has 0 unspecified atom stereocenters. The van der Waals surface area contributed by atoms with Gasteiger partial charge >= 0.3 is 0 Å². The summed E-state index contributed by atoms with van der Waals surface area (Å²) in [6, 6.07) is 9.20. The van der Waals surface area contributed by atoms with Gasteiger partial charge in [-0.25, -0.2) is 4.68 Å². The van der Waals surface area contributed by atoms with Crippen molar-refractivity contribution in [2.45, 2.75) is 31.7 Å². The fourth-order valence-electron chi connectivity index (χ4n) is 2.72. The fourth-order valence-corrected chi connectivity index (χ4v) is 2.72. The zero-order chi connectivity index (χ0) is 13.9. The van der Waals surface area contributed by atoms with E-state index in [2.05, 4.69) is 10.4 Å². The predicted molar refractivity (Wildman–Crippen MR) is 78.5 cm³/mol. The summed E-state index contributed by atoms with van der Waals surface area (Å²) in [5.41, 5.74) is 6.85. The van der Waals surface area contributed by atoms with E-state index in [4.69, 9.17) is 5.73 Å². The summed E-state index contributed by atoms with van der Waals surface area (Å²) in [5, 5.41) is 7.26. The Kier molecular flexibility index (Phi) is 3.41. The lowest BCUT2D eigenvalue weighted by Gasteiger charge is -2.14. The minimum Gasteiger partial charge on any atom is -0.399 e. The Hall–Kier alpha value is -2.30. The molecular formula is C15H18N4O. The van der Waals surface area contributed by atoms with E-state index in [1.54, 1.807) is 30.5 Å². The monoisotopic (exact) mass is 270 g/mol. The molecule has 5 heteroatoms. The van der Waals surface area contributed by atoms with Gasteiger partial charge in [0.15, 0.2) is 0 Å². The summed E-state index contributed by atoms with van der Waals surface area (Å²) < 4.78 is 1.93. The second kappa shape index (κ2) is 5.36. The highest BCUT2D eigenvalue weighted by atomic mass is 16.1. The third-order valence-electron chi connectivity index (χ3n) is 3.73. The van der Waals surface area contributed by atoms with Crippen molar-refractivity contribution in [2.75, 3.05) is 11.1 Å². The van der Waals surface area contributed by atoms with Crippen LogP contribution in [-0.4, -0.2) is 15.7 Å². The van der Waals surface area contributed by atoms with Crippen LogP contribution in [-0.2, 0) is 0 Å². The molecule has 20 heavy (non-hydrogen) atoms. The number of benzene rings is 1. The van der Waals surface area contributed by atoms with Crippen molar-refractivity contribution >= 4 is 17.4 Å². The van der Waals surface area contributed by atoms with Gasteiger partial charge in [-0.3, -0.25) is 4.79 Å². The van der Waals surface area contributed by atoms with E-state index < -0.39 is 0 Å². The molecule has 104 valence electrons. The number of aromatic nitrogens is 2. The lowest BCUT2D eigenvalue weighted by molar-refractivity contribution is 0.102. The summed E-state index contributed by atoms with van der Waals surface area (Å²) in [6.07, 6.45) is 6.44. The van der Waals surface area contributed by atoms with Crippen LogP contribution in [0.2, 0.25) is 0 Å². The zero-order valence-corrected chi connectivity index (χ0v) is 11.2. The number of nitrogens with one attached hydrogen (secondary N) is 1. The number of nitrogens with zero attached hydrogens (tertiary/aromatic N) is 2. The molecule has 2 aromatic rings. The second-order valence-electron chi connectivity index (χ2n) is 5.18. The number of rotatable bonds is 3. The molecule has 0 aliphatic heterocycles. The van der Waals surface area contributed by atoms with Gasteiger partial charge in [-0.1, -0.05) is 18.9 Å². The van der Waals surface area contributed by atoms with Gasteiger partial charge in [0.1, 0.15) is 5.82 Å². The molecule has 1 aromatic carbocycles. The molecule has 1 aliphatic carbocycles. The van der Waals surface area contributed by atoms with E-state index in [1.165, 1.54) is 12.8 Å². The maximum Gasteiger partial charge on any atom is 0.256 e. The molecule has 5 nitrogen and oxygen atoms in total. The molecule has 3 rings (SSSR count).